The Labute approximate surface area is 255 Å². The van der Waals surface area contributed by atoms with Crippen LogP contribution in [0.1, 0.15) is 129 Å². The molecule has 0 amide bonds. The monoisotopic (exact) mass is 618 g/mol. The molecule has 0 unspecified atom stereocenters. The Kier molecular flexibility index (Phi) is 20.9. The van der Waals surface area contributed by atoms with E-state index in [0.717, 1.165) is 64.2 Å². The number of ether oxygens (including phenoxy) is 4. The molecule has 1 saturated heterocycles. The lowest BCUT2D eigenvalue weighted by Crippen LogP contribution is -2.61. The van der Waals surface area contributed by atoms with Crippen molar-refractivity contribution >= 4 is 23.9 Å². The minimum absolute atomic E-state index is 0.199. The Morgan fingerprint density at radius 2 is 1.28 bits per heavy atom. The van der Waals surface area contributed by atoms with Crippen molar-refractivity contribution in [2.45, 2.75) is 166 Å². The molecular weight excluding hydrogens is 564 g/mol. The van der Waals surface area contributed by atoms with Crippen LogP contribution in [0.25, 0.3) is 0 Å². The van der Waals surface area contributed by atoms with E-state index >= 15 is 0 Å². The summed E-state index contributed by atoms with van der Waals surface area (Å²) < 4.78 is 22.2. The molecule has 12 nitrogen and oxygen atoms in total. The zero-order valence-corrected chi connectivity index (χ0v) is 26.0. The zero-order chi connectivity index (χ0) is 32.0. The molecule has 43 heavy (non-hydrogen) atoms. The summed E-state index contributed by atoms with van der Waals surface area (Å²) in [6.07, 6.45) is 7.52. The van der Waals surface area contributed by atoms with E-state index in [9.17, 15) is 29.4 Å². The Hall–Kier alpha value is -2.28. The van der Waals surface area contributed by atoms with Gasteiger partial charge in [-0.2, -0.15) is 0 Å². The molecule has 1 heterocycles. The van der Waals surface area contributed by atoms with Gasteiger partial charge in [0, 0.05) is 13.3 Å². The van der Waals surface area contributed by atoms with Gasteiger partial charge >= 0.3 is 23.9 Å². The van der Waals surface area contributed by atoms with Crippen LogP contribution in [0, 0.1) is 0 Å². The third-order valence-electron chi connectivity index (χ3n) is 7.53. The van der Waals surface area contributed by atoms with E-state index in [1.165, 1.54) is 32.6 Å². The second-order valence-electron chi connectivity index (χ2n) is 11.4. The Bertz CT molecular complexity index is 804. The molecule has 0 saturated carbocycles. The number of rotatable bonds is 25. The predicted molar refractivity (Wildman–Crippen MR) is 156 cm³/mol. The summed E-state index contributed by atoms with van der Waals surface area (Å²) in [5, 5.41) is 39.4. The quantitative estimate of drug-likeness (QED) is 0.0638. The van der Waals surface area contributed by atoms with Crippen LogP contribution in [-0.4, -0.2) is 87.7 Å². The zero-order valence-electron chi connectivity index (χ0n) is 26.0. The minimum atomic E-state index is -1.59. The van der Waals surface area contributed by atoms with Gasteiger partial charge < -0.3 is 39.4 Å². The summed E-state index contributed by atoms with van der Waals surface area (Å²) in [6, 6.07) is 0. The highest BCUT2D eigenvalue weighted by Gasteiger charge is 2.48. The van der Waals surface area contributed by atoms with Crippen LogP contribution in [0.3, 0.4) is 0 Å². The summed E-state index contributed by atoms with van der Waals surface area (Å²) in [6.45, 7) is 3.00. The molecule has 1 aliphatic heterocycles. The van der Waals surface area contributed by atoms with Crippen molar-refractivity contribution < 1.29 is 58.6 Å². The maximum absolute atomic E-state index is 12.1. The maximum Gasteiger partial charge on any atom is 0.317 e. The van der Waals surface area contributed by atoms with Crippen molar-refractivity contribution in [2.75, 3.05) is 6.61 Å². The van der Waals surface area contributed by atoms with E-state index in [4.69, 9.17) is 29.2 Å². The minimum Gasteiger partial charge on any atom is -0.481 e. The van der Waals surface area contributed by atoms with Crippen LogP contribution in [0.5, 0.6) is 0 Å². The number of carbonyl (C=O) groups excluding carboxylic acids is 2. The lowest BCUT2D eigenvalue weighted by Gasteiger charge is -2.42. The van der Waals surface area contributed by atoms with Gasteiger partial charge in [0.15, 0.2) is 12.4 Å². The molecule has 0 aliphatic carbocycles. The molecule has 0 radical (unpaired) electrons. The lowest BCUT2D eigenvalue weighted by atomic mass is 9.98. The summed E-state index contributed by atoms with van der Waals surface area (Å²) in [7, 11) is 0. The average molecular weight is 619 g/mol. The third-order valence-corrected chi connectivity index (χ3v) is 7.53. The average Bonchev–Trinajstić information content (AvgIpc) is 2.93. The number of carboxylic acids is 2. The summed E-state index contributed by atoms with van der Waals surface area (Å²) in [5.41, 5.74) is 0. The van der Waals surface area contributed by atoms with Crippen LogP contribution in [0.15, 0.2) is 0 Å². The topological polar surface area (TPSA) is 186 Å². The van der Waals surface area contributed by atoms with E-state index in [1.54, 1.807) is 0 Å². The van der Waals surface area contributed by atoms with Crippen LogP contribution in [-0.2, 0) is 38.1 Å². The van der Waals surface area contributed by atoms with Gasteiger partial charge in [-0.1, -0.05) is 90.4 Å². The first kappa shape index (κ1) is 38.7. The second kappa shape index (κ2) is 23.1. The molecule has 1 fully saturated rings. The Morgan fingerprint density at radius 3 is 1.79 bits per heavy atom. The number of aliphatic hydroxyl groups is 2. The number of esters is 2. The molecule has 250 valence electrons. The van der Waals surface area contributed by atoms with Crippen LogP contribution < -0.4 is 0 Å². The van der Waals surface area contributed by atoms with Gasteiger partial charge in [0.1, 0.15) is 31.3 Å². The number of aliphatic hydroxyl groups excluding tert-OH is 2. The molecule has 1 rings (SSSR count). The van der Waals surface area contributed by atoms with Crippen molar-refractivity contribution in [2.24, 2.45) is 0 Å². The van der Waals surface area contributed by atoms with E-state index in [2.05, 4.69) is 6.92 Å². The maximum atomic E-state index is 12.1. The molecular formula is C31H54O12. The van der Waals surface area contributed by atoms with Crippen molar-refractivity contribution in [3.05, 3.63) is 0 Å². The number of carbonyl (C=O) groups is 4. The van der Waals surface area contributed by atoms with Gasteiger partial charge in [0.2, 0.25) is 0 Å². The summed E-state index contributed by atoms with van der Waals surface area (Å²) in [5.74, 6) is -3.93. The van der Waals surface area contributed by atoms with Crippen molar-refractivity contribution in [1.29, 1.82) is 0 Å². The largest absolute Gasteiger partial charge is 0.481 e. The fourth-order valence-electron chi connectivity index (χ4n) is 5.14. The van der Waals surface area contributed by atoms with E-state index in [1.807, 2.05) is 0 Å². The normalized spacial score (nSPS) is 22.6. The molecule has 4 N–H and O–H groups in total. The van der Waals surface area contributed by atoms with Crippen LogP contribution >= 0.6 is 0 Å². The molecule has 0 aromatic carbocycles. The number of hydrogen-bond donors (Lipinski definition) is 4. The SMILES string of the molecule is CCCCCCCCC[C@@H](CCCCCCCCCC(=O)O)O[C@H]1O[C@@H](COC(C)=O)[C@H](O)[C@@H](OC(=O)CC(=O)O)[C@H]1O. The molecule has 0 bridgehead atoms. The number of unbranched alkanes of at least 4 members (excludes halogenated alkanes) is 12. The van der Waals surface area contributed by atoms with Gasteiger partial charge in [-0.25, -0.2) is 0 Å². The molecule has 0 spiro atoms. The predicted octanol–water partition coefficient (Wildman–Crippen LogP) is 4.50. The van der Waals surface area contributed by atoms with Gasteiger partial charge in [0.05, 0.1) is 6.10 Å². The fourth-order valence-corrected chi connectivity index (χ4v) is 5.14. The van der Waals surface area contributed by atoms with E-state index in [-0.39, 0.29) is 19.1 Å². The lowest BCUT2D eigenvalue weighted by molar-refractivity contribution is -0.314. The fraction of sp³-hybridized carbons (Fsp3) is 0.871. The first-order chi connectivity index (χ1) is 20.5. The first-order valence-corrected chi connectivity index (χ1v) is 16.0. The summed E-state index contributed by atoms with van der Waals surface area (Å²) in [4.78, 5) is 45.1. The number of hydrogen-bond acceptors (Lipinski definition) is 10. The highest BCUT2D eigenvalue weighted by Crippen LogP contribution is 2.28. The first-order valence-electron chi connectivity index (χ1n) is 16.0. The van der Waals surface area contributed by atoms with Crippen LogP contribution in [0.4, 0.5) is 0 Å². The van der Waals surface area contributed by atoms with Gasteiger partial charge in [-0.05, 0) is 19.3 Å². The van der Waals surface area contributed by atoms with Gasteiger partial charge in [-0.15, -0.1) is 0 Å². The molecule has 6 atom stereocenters. The van der Waals surface area contributed by atoms with Gasteiger partial charge in [-0.3, -0.25) is 19.2 Å². The second-order valence-corrected chi connectivity index (χ2v) is 11.4. The summed E-state index contributed by atoms with van der Waals surface area (Å²) >= 11 is 0. The van der Waals surface area contributed by atoms with Crippen molar-refractivity contribution in [3.63, 3.8) is 0 Å². The molecule has 12 heteroatoms. The van der Waals surface area contributed by atoms with Crippen molar-refractivity contribution in [1.82, 2.24) is 0 Å². The van der Waals surface area contributed by atoms with E-state index < -0.39 is 61.0 Å². The molecule has 0 aromatic heterocycles. The third kappa shape index (κ3) is 18.2. The Balaban J connectivity index is 2.80. The molecule has 0 aromatic rings. The smallest absolute Gasteiger partial charge is 0.317 e. The highest BCUT2D eigenvalue weighted by atomic mass is 16.7. The number of aliphatic carboxylic acids is 2. The number of carboxylic acid groups (broad SMARTS) is 2. The Morgan fingerprint density at radius 1 is 0.744 bits per heavy atom. The standard InChI is InChI=1S/C31H54O12/c1-3-4-5-6-8-11-14-17-23(18-15-12-9-7-10-13-16-19-25(33)34)41-31-29(39)30(43-27(37)20-26(35)36)28(38)24(42-31)21-40-22(2)32/h23-24,28-31,38-39H,3-21H2,1-2H3,(H,33,34)(H,35,36)/t23-,24-,28-,29+,30+,31-/m0/s1. The van der Waals surface area contributed by atoms with E-state index in [0.29, 0.717) is 12.8 Å². The molecule has 1 aliphatic rings. The highest BCUT2D eigenvalue weighted by molar-refractivity contribution is 5.90. The van der Waals surface area contributed by atoms with Crippen LogP contribution in [0.2, 0.25) is 0 Å². The van der Waals surface area contributed by atoms with Gasteiger partial charge in [0.25, 0.3) is 0 Å². The van der Waals surface area contributed by atoms with Crippen molar-refractivity contribution in [3.8, 4) is 0 Å².